The first kappa shape index (κ1) is 12.3. The number of rotatable bonds is 2. The van der Waals surface area contributed by atoms with Crippen molar-refractivity contribution in [1.82, 2.24) is 4.57 Å². The van der Waals surface area contributed by atoms with Gasteiger partial charge < -0.3 is 9.67 Å². The Labute approximate surface area is 110 Å². The smallest absolute Gasteiger partial charge is 0.0807 e. The molecule has 2 nitrogen and oxygen atoms in total. The van der Waals surface area contributed by atoms with Gasteiger partial charge in [0.2, 0.25) is 0 Å². The van der Waals surface area contributed by atoms with Crippen molar-refractivity contribution in [3.63, 3.8) is 0 Å². The van der Waals surface area contributed by atoms with Crippen LogP contribution < -0.4 is 0 Å². The third kappa shape index (κ3) is 1.82. The van der Waals surface area contributed by atoms with Gasteiger partial charge in [0, 0.05) is 23.5 Å². The molecule has 3 rings (SSSR count). The molecule has 4 unspecified atom stereocenters. The van der Waals surface area contributed by atoms with E-state index in [1.165, 1.54) is 30.5 Å². The van der Waals surface area contributed by atoms with Gasteiger partial charge in [-0.3, -0.25) is 0 Å². The number of nitrogens with zero attached hydrogens (tertiary/aromatic N) is 1. The normalized spacial score (nSPS) is 35.7. The monoisotopic (exact) mass is 247 g/mol. The maximum atomic E-state index is 10.1. The Morgan fingerprint density at radius 3 is 2.89 bits per heavy atom. The summed E-state index contributed by atoms with van der Waals surface area (Å²) in [5.74, 6) is 1.67. The van der Waals surface area contributed by atoms with Gasteiger partial charge in [-0.2, -0.15) is 0 Å². The molecule has 0 saturated heterocycles. The first-order chi connectivity index (χ1) is 8.72. The molecule has 0 bridgehead atoms. The molecule has 1 N–H and O–H groups in total. The van der Waals surface area contributed by atoms with E-state index >= 15 is 0 Å². The topological polar surface area (TPSA) is 25.2 Å². The SMILES string of the molecule is CCC1CCC(n2ccc3c2CCCC3O)C1C. The predicted molar refractivity (Wildman–Crippen MR) is 73.5 cm³/mol. The first-order valence-corrected chi connectivity index (χ1v) is 7.60. The van der Waals surface area contributed by atoms with E-state index in [-0.39, 0.29) is 6.10 Å². The van der Waals surface area contributed by atoms with Crippen LogP contribution in [0.25, 0.3) is 0 Å². The lowest BCUT2D eigenvalue weighted by molar-refractivity contribution is 0.155. The zero-order chi connectivity index (χ0) is 12.7. The molecule has 2 heteroatoms. The van der Waals surface area contributed by atoms with Crippen molar-refractivity contribution in [2.75, 3.05) is 0 Å². The van der Waals surface area contributed by atoms with Crippen LogP contribution in [0.15, 0.2) is 12.3 Å². The lowest BCUT2D eigenvalue weighted by Gasteiger charge is -2.26. The second-order valence-corrected chi connectivity index (χ2v) is 6.21. The minimum absolute atomic E-state index is 0.214. The number of aromatic nitrogens is 1. The summed E-state index contributed by atoms with van der Waals surface area (Å²) in [4.78, 5) is 0. The Morgan fingerprint density at radius 2 is 2.17 bits per heavy atom. The van der Waals surface area contributed by atoms with Crippen molar-refractivity contribution >= 4 is 0 Å². The van der Waals surface area contributed by atoms with Crippen LogP contribution >= 0.6 is 0 Å². The molecule has 0 amide bonds. The summed E-state index contributed by atoms with van der Waals surface area (Å²) in [6.45, 7) is 4.73. The van der Waals surface area contributed by atoms with E-state index < -0.39 is 0 Å². The molecule has 100 valence electrons. The van der Waals surface area contributed by atoms with Gasteiger partial charge >= 0.3 is 0 Å². The molecule has 2 aliphatic rings. The van der Waals surface area contributed by atoms with Crippen LogP contribution in [-0.4, -0.2) is 9.67 Å². The second-order valence-electron chi connectivity index (χ2n) is 6.21. The second kappa shape index (κ2) is 4.73. The van der Waals surface area contributed by atoms with Gasteiger partial charge in [0.15, 0.2) is 0 Å². The Balaban J connectivity index is 1.90. The number of hydrogen-bond donors (Lipinski definition) is 1. The quantitative estimate of drug-likeness (QED) is 0.843. The molecular weight excluding hydrogens is 222 g/mol. The molecule has 0 radical (unpaired) electrons. The highest BCUT2D eigenvalue weighted by Gasteiger charge is 2.34. The third-order valence-corrected chi connectivity index (χ3v) is 5.38. The highest BCUT2D eigenvalue weighted by molar-refractivity contribution is 5.28. The lowest BCUT2D eigenvalue weighted by atomic mass is 9.92. The van der Waals surface area contributed by atoms with Gasteiger partial charge in [-0.05, 0) is 50.0 Å². The van der Waals surface area contributed by atoms with E-state index in [0.717, 1.165) is 31.1 Å². The summed E-state index contributed by atoms with van der Waals surface area (Å²) in [6.07, 6.45) is 9.25. The largest absolute Gasteiger partial charge is 0.388 e. The van der Waals surface area contributed by atoms with Crippen LogP contribution in [-0.2, 0) is 6.42 Å². The van der Waals surface area contributed by atoms with Crippen LogP contribution in [0.3, 0.4) is 0 Å². The van der Waals surface area contributed by atoms with E-state index in [9.17, 15) is 5.11 Å². The van der Waals surface area contributed by atoms with Crippen LogP contribution in [0.1, 0.15) is 69.4 Å². The third-order valence-electron chi connectivity index (χ3n) is 5.38. The molecule has 0 spiro atoms. The minimum Gasteiger partial charge on any atom is -0.388 e. The molecule has 0 aromatic carbocycles. The van der Waals surface area contributed by atoms with Crippen molar-refractivity contribution in [3.05, 3.63) is 23.5 Å². The Kier molecular flexibility index (Phi) is 3.23. The van der Waals surface area contributed by atoms with E-state index in [0.29, 0.717) is 6.04 Å². The van der Waals surface area contributed by atoms with Gasteiger partial charge in [0.25, 0.3) is 0 Å². The van der Waals surface area contributed by atoms with Gasteiger partial charge in [-0.1, -0.05) is 20.3 Å². The zero-order valence-corrected chi connectivity index (χ0v) is 11.6. The number of aliphatic hydroxyl groups excluding tert-OH is 1. The molecule has 1 aromatic rings. The van der Waals surface area contributed by atoms with E-state index in [4.69, 9.17) is 0 Å². The summed E-state index contributed by atoms with van der Waals surface area (Å²) in [5.41, 5.74) is 2.62. The van der Waals surface area contributed by atoms with Gasteiger partial charge in [0.05, 0.1) is 6.10 Å². The molecule has 1 fully saturated rings. The highest BCUT2D eigenvalue weighted by Crippen LogP contribution is 2.44. The minimum atomic E-state index is -0.214. The molecular formula is C16H25NO. The molecule has 18 heavy (non-hydrogen) atoms. The van der Waals surface area contributed by atoms with Crippen LogP contribution in [0, 0.1) is 11.8 Å². The summed E-state index contributed by atoms with van der Waals surface area (Å²) < 4.78 is 2.50. The maximum Gasteiger partial charge on any atom is 0.0807 e. The van der Waals surface area contributed by atoms with Gasteiger partial charge in [-0.15, -0.1) is 0 Å². The zero-order valence-electron chi connectivity index (χ0n) is 11.6. The number of aliphatic hydroxyl groups is 1. The Hall–Kier alpha value is -0.760. The molecule has 2 aliphatic carbocycles. The van der Waals surface area contributed by atoms with Crippen molar-refractivity contribution in [2.24, 2.45) is 11.8 Å². The summed E-state index contributed by atoms with van der Waals surface area (Å²) >= 11 is 0. The number of hydrogen-bond acceptors (Lipinski definition) is 1. The Bertz CT molecular complexity index is 423. The lowest BCUT2D eigenvalue weighted by Crippen LogP contribution is -2.19. The fourth-order valence-corrected chi connectivity index (χ4v) is 4.19. The number of fused-ring (bicyclic) bond motifs is 1. The average molecular weight is 247 g/mol. The van der Waals surface area contributed by atoms with Gasteiger partial charge in [0.1, 0.15) is 0 Å². The standard InChI is InChI=1S/C16H25NO/c1-3-12-7-8-14(11(12)2)17-10-9-13-15(17)5-4-6-16(13)18/h9-12,14,16,18H,3-8H2,1-2H3. The van der Waals surface area contributed by atoms with Crippen LogP contribution in [0.5, 0.6) is 0 Å². The van der Waals surface area contributed by atoms with Crippen molar-refractivity contribution in [1.29, 1.82) is 0 Å². The summed E-state index contributed by atoms with van der Waals surface area (Å²) in [6, 6.07) is 2.83. The molecule has 0 aliphatic heterocycles. The molecule has 4 atom stereocenters. The predicted octanol–water partition coefficient (Wildman–Crippen LogP) is 3.86. The average Bonchev–Trinajstić information content (AvgIpc) is 2.93. The molecule has 1 saturated carbocycles. The van der Waals surface area contributed by atoms with Crippen molar-refractivity contribution in [2.45, 2.75) is 64.5 Å². The molecule has 1 heterocycles. The van der Waals surface area contributed by atoms with Crippen molar-refractivity contribution < 1.29 is 5.11 Å². The molecule has 1 aromatic heterocycles. The summed E-state index contributed by atoms with van der Waals surface area (Å²) in [5, 5.41) is 10.1. The Morgan fingerprint density at radius 1 is 1.33 bits per heavy atom. The van der Waals surface area contributed by atoms with Gasteiger partial charge in [-0.25, -0.2) is 0 Å². The van der Waals surface area contributed by atoms with E-state index in [2.05, 4.69) is 30.7 Å². The summed E-state index contributed by atoms with van der Waals surface area (Å²) in [7, 11) is 0. The van der Waals surface area contributed by atoms with Crippen LogP contribution in [0.2, 0.25) is 0 Å². The van der Waals surface area contributed by atoms with E-state index in [1.807, 2.05) is 0 Å². The first-order valence-electron chi connectivity index (χ1n) is 7.60. The highest BCUT2D eigenvalue weighted by atomic mass is 16.3. The van der Waals surface area contributed by atoms with Crippen molar-refractivity contribution in [3.8, 4) is 0 Å². The fraction of sp³-hybridized carbons (Fsp3) is 0.750. The van der Waals surface area contributed by atoms with Crippen LogP contribution in [0.4, 0.5) is 0 Å². The fourth-order valence-electron chi connectivity index (χ4n) is 4.19. The van der Waals surface area contributed by atoms with E-state index in [1.54, 1.807) is 0 Å². The maximum absolute atomic E-state index is 10.1.